The van der Waals surface area contributed by atoms with E-state index in [1.54, 1.807) is 0 Å². The molecule has 5 aromatic rings. The van der Waals surface area contributed by atoms with Crippen LogP contribution in [0.25, 0.3) is 54.6 Å². The van der Waals surface area contributed by atoms with E-state index in [9.17, 15) is 0 Å². The van der Waals surface area contributed by atoms with Crippen molar-refractivity contribution in [3.63, 3.8) is 0 Å². The molecule has 0 amide bonds. The molecule has 0 saturated carbocycles. The molecule has 0 unspecified atom stereocenters. The first-order valence-electron chi connectivity index (χ1n) is 8.49. The lowest BCUT2D eigenvalue weighted by atomic mass is 9.93. The molecule has 0 N–H and O–H groups in total. The maximum Gasteiger partial charge on any atom is 0.0136 e. The van der Waals surface area contributed by atoms with E-state index in [0.29, 0.717) is 0 Å². The lowest BCUT2D eigenvalue weighted by Crippen LogP contribution is -1.83. The first-order chi connectivity index (χ1) is 12.3. The summed E-state index contributed by atoms with van der Waals surface area (Å²) in [6, 6.07) is 29.2. The molecule has 0 spiro atoms. The summed E-state index contributed by atoms with van der Waals surface area (Å²) >= 11 is 2.41. The van der Waals surface area contributed by atoms with E-state index in [4.69, 9.17) is 0 Å². The van der Waals surface area contributed by atoms with Gasteiger partial charge in [-0.1, -0.05) is 60.7 Å². The number of fused-ring (bicyclic) bond motifs is 7. The summed E-state index contributed by atoms with van der Waals surface area (Å²) < 4.78 is 1.29. The summed E-state index contributed by atoms with van der Waals surface area (Å²) in [6.07, 6.45) is 0. The fourth-order valence-electron chi connectivity index (χ4n) is 4.40. The normalized spacial score (nSPS) is 12.2. The summed E-state index contributed by atoms with van der Waals surface area (Å²) in [5, 5.41) is 8.12. The van der Waals surface area contributed by atoms with Crippen LogP contribution >= 0.6 is 22.6 Å². The van der Waals surface area contributed by atoms with Crippen LogP contribution in [0, 0.1) is 3.57 Å². The van der Waals surface area contributed by atoms with Gasteiger partial charge in [0.25, 0.3) is 0 Å². The summed E-state index contributed by atoms with van der Waals surface area (Å²) in [6.45, 7) is 0. The third kappa shape index (κ3) is 1.77. The Bertz CT molecular complexity index is 1350. The van der Waals surface area contributed by atoms with Crippen molar-refractivity contribution in [3.8, 4) is 22.3 Å². The second kappa shape index (κ2) is 4.83. The van der Waals surface area contributed by atoms with Crippen LogP contribution in [0.5, 0.6) is 0 Å². The topological polar surface area (TPSA) is 0 Å². The summed E-state index contributed by atoms with van der Waals surface area (Å²) in [4.78, 5) is 0. The molecule has 0 bridgehead atoms. The van der Waals surface area contributed by atoms with E-state index in [1.807, 2.05) is 0 Å². The molecule has 0 radical (unpaired) electrons. The van der Waals surface area contributed by atoms with Crippen LogP contribution in [0.15, 0.2) is 78.9 Å². The van der Waals surface area contributed by atoms with Crippen molar-refractivity contribution in [3.05, 3.63) is 82.4 Å². The lowest BCUT2D eigenvalue weighted by molar-refractivity contribution is 1.65. The van der Waals surface area contributed by atoms with Crippen LogP contribution in [-0.2, 0) is 0 Å². The third-order valence-electron chi connectivity index (χ3n) is 5.43. The van der Waals surface area contributed by atoms with E-state index in [0.717, 1.165) is 0 Å². The third-order valence-corrected chi connectivity index (χ3v) is 6.10. The maximum absolute atomic E-state index is 2.41. The Morgan fingerprint density at radius 1 is 0.480 bits per heavy atom. The maximum atomic E-state index is 2.41. The number of halogens is 1. The molecule has 5 aromatic carbocycles. The minimum absolute atomic E-state index is 1.29. The Hall–Kier alpha value is -2.39. The zero-order valence-electron chi connectivity index (χ0n) is 13.4. The van der Waals surface area contributed by atoms with Gasteiger partial charge in [0, 0.05) is 3.57 Å². The zero-order valence-corrected chi connectivity index (χ0v) is 15.5. The summed E-state index contributed by atoms with van der Waals surface area (Å²) in [7, 11) is 0. The van der Waals surface area contributed by atoms with E-state index in [-0.39, 0.29) is 0 Å². The van der Waals surface area contributed by atoms with Gasteiger partial charge in [0.15, 0.2) is 0 Å². The minimum atomic E-state index is 1.29. The number of hydrogen-bond donors (Lipinski definition) is 0. The fourth-order valence-corrected chi connectivity index (χ4v) is 4.89. The molecule has 25 heavy (non-hydrogen) atoms. The molecule has 0 fully saturated rings. The second-order valence-corrected chi connectivity index (χ2v) is 7.97. The van der Waals surface area contributed by atoms with Crippen LogP contribution in [0.1, 0.15) is 0 Å². The first kappa shape index (κ1) is 13.9. The molecule has 1 heteroatoms. The largest absolute Gasteiger partial charge is 0.0616 e. The number of hydrogen-bond acceptors (Lipinski definition) is 0. The standard InChI is InChI=1S/C24H13I/c25-16-10-11-18-19-6-3-7-20-23-15(12-22(24(19)20)21(18)13-16)9-8-14-4-1-2-5-17(14)23/h1-13H. The van der Waals surface area contributed by atoms with Crippen molar-refractivity contribution < 1.29 is 0 Å². The molecule has 1 aliphatic carbocycles. The van der Waals surface area contributed by atoms with Gasteiger partial charge in [0.1, 0.15) is 0 Å². The van der Waals surface area contributed by atoms with Gasteiger partial charge >= 0.3 is 0 Å². The van der Waals surface area contributed by atoms with Gasteiger partial charge < -0.3 is 0 Å². The first-order valence-corrected chi connectivity index (χ1v) is 9.57. The predicted molar refractivity (Wildman–Crippen MR) is 116 cm³/mol. The quantitative estimate of drug-likeness (QED) is 0.175. The average molecular weight is 428 g/mol. The summed E-state index contributed by atoms with van der Waals surface area (Å²) in [5.74, 6) is 0. The molecule has 0 nitrogen and oxygen atoms in total. The smallest absolute Gasteiger partial charge is 0.0136 e. The highest BCUT2D eigenvalue weighted by atomic mass is 127. The van der Waals surface area contributed by atoms with Gasteiger partial charge in [-0.2, -0.15) is 0 Å². The van der Waals surface area contributed by atoms with Crippen molar-refractivity contribution in [2.45, 2.75) is 0 Å². The van der Waals surface area contributed by atoms with Crippen molar-refractivity contribution in [2.75, 3.05) is 0 Å². The summed E-state index contributed by atoms with van der Waals surface area (Å²) in [5.41, 5.74) is 5.48. The highest BCUT2D eigenvalue weighted by molar-refractivity contribution is 14.1. The van der Waals surface area contributed by atoms with Crippen molar-refractivity contribution in [1.29, 1.82) is 0 Å². The van der Waals surface area contributed by atoms with Gasteiger partial charge in [-0.3, -0.25) is 0 Å². The lowest BCUT2D eigenvalue weighted by Gasteiger charge is -2.10. The molecule has 0 aromatic heterocycles. The van der Waals surface area contributed by atoms with Crippen LogP contribution in [0.4, 0.5) is 0 Å². The zero-order chi connectivity index (χ0) is 16.5. The molecule has 116 valence electrons. The van der Waals surface area contributed by atoms with Crippen molar-refractivity contribution in [2.24, 2.45) is 0 Å². The monoisotopic (exact) mass is 428 g/mol. The van der Waals surface area contributed by atoms with Gasteiger partial charge in [0.2, 0.25) is 0 Å². The van der Waals surface area contributed by atoms with Gasteiger partial charge in [-0.15, -0.1) is 0 Å². The Balaban J connectivity index is 1.91. The van der Waals surface area contributed by atoms with Gasteiger partial charge in [-0.25, -0.2) is 0 Å². The molecular formula is C24H13I. The second-order valence-electron chi connectivity index (χ2n) is 6.73. The molecule has 6 rings (SSSR count). The van der Waals surface area contributed by atoms with E-state index in [2.05, 4.69) is 101 Å². The van der Waals surface area contributed by atoms with Crippen molar-refractivity contribution >= 4 is 54.9 Å². The van der Waals surface area contributed by atoms with Crippen LogP contribution < -0.4 is 0 Å². The fraction of sp³-hybridized carbons (Fsp3) is 0. The number of rotatable bonds is 0. The molecular weight excluding hydrogens is 415 g/mol. The minimum Gasteiger partial charge on any atom is -0.0616 e. The van der Waals surface area contributed by atoms with Crippen LogP contribution in [-0.4, -0.2) is 0 Å². The van der Waals surface area contributed by atoms with Gasteiger partial charge in [0.05, 0.1) is 0 Å². The highest BCUT2D eigenvalue weighted by Gasteiger charge is 2.23. The van der Waals surface area contributed by atoms with Crippen molar-refractivity contribution in [1.82, 2.24) is 0 Å². The Morgan fingerprint density at radius 3 is 2.28 bits per heavy atom. The molecule has 0 saturated heterocycles. The van der Waals surface area contributed by atoms with E-state index >= 15 is 0 Å². The Labute approximate surface area is 159 Å². The SMILES string of the molecule is Ic1ccc2c(c1)-c1cc3ccc4ccccc4c3c3cccc-2c13. The molecule has 1 aliphatic rings. The van der Waals surface area contributed by atoms with E-state index < -0.39 is 0 Å². The Kier molecular flexibility index (Phi) is 2.67. The number of benzene rings is 5. The van der Waals surface area contributed by atoms with Crippen LogP contribution in [0.2, 0.25) is 0 Å². The van der Waals surface area contributed by atoms with Crippen LogP contribution in [0.3, 0.4) is 0 Å². The molecule has 0 atom stereocenters. The predicted octanol–water partition coefficient (Wildman–Crippen LogP) is 7.40. The Morgan fingerprint density at radius 2 is 1.32 bits per heavy atom. The van der Waals surface area contributed by atoms with E-state index in [1.165, 1.54) is 58.1 Å². The average Bonchev–Trinajstić information content (AvgIpc) is 2.96. The molecule has 0 heterocycles. The molecule has 0 aliphatic heterocycles. The van der Waals surface area contributed by atoms with Gasteiger partial charge in [-0.05, 0) is 95.4 Å². The highest BCUT2D eigenvalue weighted by Crippen LogP contribution is 2.50.